The molecule has 0 radical (unpaired) electrons. The molecule has 0 bridgehead atoms. The summed E-state index contributed by atoms with van der Waals surface area (Å²) in [5.74, 6) is 0.850. The van der Waals surface area contributed by atoms with E-state index in [4.69, 9.17) is 5.73 Å². The van der Waals surface area contributed by atoms with Gasteiger partial charge in [-0.15, -0.1) is 0 Å². The molecule has 0 saturated heterocycles. The molecule has 2 aromatic heterocycles. The summed E-state index contributed by atoms with van der Waals surface area (Å²) >= 11 is 0. The second-order valence-corrected chi connectivity index (χ2v) is 5.05. The van der Waals surface area contributed by atoms with E-state index < -0.39 is 0 Å². The van der Waals surface area contributed by atoms with Gasteiger partial charge in [-0.1, -0.05) is 12.1 Å². The number of aromatic nitrogens is 3. The molecule has 3 rings (SSSR count). The highest BCUT2D eigenvalue weighted by atomic mass is 19.1. The number of hydrogen-bond donors (Lipinski definition) is 2. The quantitative estimate of drug-likeness (QED) is 0.773. The van der Waals surface area contributed by atoms with Crippen molar-refractivity contribution in [3.8, 4) is 0 Å². The van der Waals surface area contributed by atoms with Crippen molar-refractivity contribution in [1.82, 2.24) is 14.4 Å². The summed E-state index contributed by atoms with van der Waals surface area (Å²) in [5.41, 5.74) is 7.57. The first-order chi connectivity index (χ1) is 10.1. The van der Waals surface area contributed by atoms with Crippen LogP contribution in [0, 0.1) is 5.82 Å². The van der Waals surface area contributed by atoms with Gasteiger partial charge in [0.15, 0.2) is 11.5 Å². The first-order valence-electron chi connectivity index (χ1n) is 6.72. The monoisotopic (exact) mass is 285 g/mol. The van der Waals surface area contributed by atoms with Crippen molar-refractivity contribution in [2.24, 2.45) is 0 Å². The molecule has 6 heteroatoms. The number of nitrogens with one attached hydrogen (secondary N) is 1. The summed E-state index contributed by atoms with van der Waals surface area (Å²) in [4.78, 5) is 8.56. The Balaban J connectivity index is 1.78. The van der Waals surface area contributed by atoms with Gasteiger partial charge in [0.2, 0.25) is 0 Å². The molecular weight excluding hydrogens is 269 g/mol. The normalized spacial score (nSPS) is 12.5. The Morgan fingerprint density at radius 1 is 1.33 bits per heavy atom. The zero-order chi connectivity index (χ0) is 14.8. The van der Waals surface area contributed by atoms with Gasteiger partial charge in [0.05, 0.1) is 6.20 Å². The predicted octanol–water partition coefficient (Wildman–Crippen LogP) is 2.49. The molecule has 0 aliphatic carbocycles. The SMILES string of the molecule is CC(Cc1ccc(F)cc1)Nc1nc(N)cn2ccnc12. The van der Waals surface area contributed by atoms with Crippen molar-refractivity contribution in [2.45, 2.75) is 19.4 Å². The van der Waals surface area contributed by atoms with Crippen LogP contribution in [0.4, 0.5) is 16.0 Å². The predicted molar refractivity (Wildman–Crippen MR) is 80.6 cm³/mol. The van der Waals surface area contributed by atoms with Crippen LogP contribution in [0.5, 0.6) is 0 Å². The minimum Gasteiger partial charge on any atom is -0.382 e. The van der Waals surface area contributed by atoms with E-state index in [0.29, 0.717) is 11.6 Å². The second-order valence-electron chi connectivity index (χ2n) is 5.05. The fraction of sp³-hybridized carbons (Fsp3) is 0.200. The second kappa shape index (κ2) is 5.40. The van der Waals surface area contributed by atoms with Gasteiger partial charge in [0.25, 0.3) is 0 Å². The maximum absolute atomic E-state index is 12.9. The Morgan fingerprint density at radius 2 is 2.10 bits per heavy atom. The van der Waals surface area contributed by atoms with E-state index in [1.54, 1.807) is 24.5 Å². The van der Waals surface area contributed by atoms with Crippen LogP contribution in [0.3, 0.4) is 0 Å². The number of halogens is 1. The minimum absolute atomic E-state index is 0.116. The molecule has 1 unspecified atom stereocenters. The number of nitrogens with zero attached hydrogens (tertiary/aromatic N) is 3. The van der Waals surface area contributed by atoms with Crippen LogP contribution in [0.25, 0.3) is 5.65 Å². The summed E-state index contributed by atoms with van der Waals surface area (Å²) in [6.07, 6.45) is 6.00. The Morgan fingerprint density at radius 3 is 2.86 bits per heavy atom. The van der Waals surface area contributed by atoms with Gasteiger partial charge in [-0.25, -0.2) is 14.4 Å². The Labute approximate surface area is 121 Å². The average Bonchev–Trinajstić information content (AvgIpc) is 2.89. The largest absolute Gasteiger partial charge is 0.382 e. The molecule has 108 valence electrons. The van der Waals surface area contributed by atoms with Crippen LogP contribution in [-0.4, -0.2) is 20.4 Å². The van der Waals surface area contributed by atoms with Crippen molar-refractivity contribution in [2.75, 3.05) is 11.1 Å². The fourth-order valence-corrected chi connectivity index (χ4v) is 2.31. The third-order valence-corrected chi connectivity index (χ3v) is 3.23. The lowest BCUT2D eigenvalue weighted by molar-refractivity contribution is 0.626. The molecule has 2 heterocycles. The first kappa shape index (κ1) is 13.4. The van der Waals surface area contributed by atoms with Crippen LogP contribution in [-0.2, 0) is 6.42 Å². The highest BCUT2D eigenvalue weighted by Gasteiger charge is 2.10. The van der Waals surface area contributed by atoms with Crippen LogP contribution in [0.15, 0.2) is 42.9 Å². The molecule has 0 fully saturated rings. The van der Waals surface area contributed by atoms with Gasteiger partial charge in [0.1, 0.15) is 11.6 Å². The summed E-state index contributed by atoms with van der Waals surface area (Å²) in [7, 11) is 0. The lowest BCUT2D eigenvalue weighted by atomic mass is 10.1. The molecule has 5 nitrogen and oxygen atoms in total. The molecule has 0 saturated carbocycles. The van der Waals surface area contributed by atoms with Crippen LogP contribution in [0.1, 0.15) is 12.5 Å². The molecule has 3 N–H and O–H groups in total. The van der Waals surface area contributed by atoms with Crippen molar-refractivity contribution in [3.63, 3.8) is 0 Å². The van der Waals surface area contributed by atoms with E-state index in [0.717, 1.165) is 17.6 Å². The lowest BCUT2D eigenvalue weighted by Crippen LogP contribution is -2.20. The van der Waals surface area contributed by atoms with Crippen LogP contribution < -0.4 is 11.1 Å². The third kappa shape index (κ3) is 2.94. The number of imidazole rings is 1. The number of nitrogen functional groups attached to an aromatic ring is 1. The highest BCUT2D eigenvalue weighted by Crippen LogP contribution is 2.17. The van der Waals surface area contributed by atoms with E-state index in [1.807, 2.05) is 17.5 Å². The van der Waals surface area contributed by atoms with Gasteiger partial charge < -0.3 is 15.5 Å². The van der Waals surface area contributed by atoms with E-state index in [1.165, 1.54) is 12.1 Å². The first-order valence-corrected chi connectivity index (χ1v) is 6.72. The van der Waals surface area contributed by atoms with Gasteiger partial charge in [-0.3, -0.25) is 0 Å². The van der Waals surface area contributed by atoms with E-state index >= 15 is 0 Å². The Hall–Kier alpha value is -2.63. The summed E-state index contributed by atoms with van der Waals surface area (Å²) < 4.78 is 14.7. The third-order valence-electron chi connectivity index (χ3n) is 3.23. The molecular formula is C15H16FN5. The summed E-state index contributed by atoms with van der Waals surface area (Å²) in [6, 6.07) is 6.61. The zero-order valence-electron chi connectivity index (χ0n) is 11.6. The van der Waals surface area contributed by atoms with Crippen LogP contribution >= 0.6 is 0 Å². The number of fused-ring (bicyclic) bond motifs is 1. The molecule has 1 atom stereocenters. The van der Waals surface area contributed by atoms with E-state index in [9.17, 15) is 4.39 Å². The maximum atomic E-state index is 12.9. The zero-order valence-corrected chi connectivity index (χ0v) is 11.6. The summed E-state index contributed by atoms with van der Waals surface area (Å²) in [5, 5.41) is 3.31. The molecule has 1 aromatic carbocycles. The van der Waals surface area contributed by atoms with Crippen LogP contribution in [0.2, 0.25) is 0 Å². The lowest BCUT2D eigenvalue weighted by Gasteiger charge is -2.15. The van der Waals surface area contributed by atoms with Crippen molar-refractivity contribution in [1.29, 1.82) is 0 Å². The minimum atomic E-state index is -0.226. The van der Waals surface area contributed by atoms with E-state index in [-0.39, 0.29) is 11.9 Å². The molecule has 0 amide bonds. The summed E-state index contributed by atoms with van der Waals surface area (Å²) in [6.45, 7) is 2.04. The number of nitrogens with two attached hydrogens (primary N) is 1. The Bertz CT molecular complexity index is 750. The van der Waals surface area contributed by atoms with E-state index in [2.05, 4.69) is 15.3 Å². The molecule has 0 aliphatic heterocycles. The van der Waals surface area contributed by atoms with Crippen molar-refractivity contribution >= 4 is 17.3 Å². The number of benzene rings is 1. The number of hydrogen-bond acceptors (Lipinski definition) is 4. The topological polar surface area (TPSA) is 68.2 Å². The number of rotatable bonds is 4. The Kier molecular flexibility index (Phi) is 3.43. The highest BCUT2D eigenvalue weighted by molar-refractivity contribution is 5.65. The molecule has 0 aliphatic rings. The van der Waals surface area contributed by atoms with Gasteiger partial charge in [-0.05, 0) is 31.0 Å². The average molecular weight is 285 g/mol. The van der Waals surface area contributed by atoms with Crippen molar-refractivity contribution in [3.05, 3.63) is 54.2 Å². The standard InChI is InChI=1S/C15H16FN5/c1-10(8-11-2-4-12(16)5-3-11)19-14-15-18-6-7-21(15)9-13(17)20-14/h2-7,9-10H,8,17H2,1H3,(H,19,20). The number of anilines is 2. The molecule has 3 aromatic rings. The fourth-order valence-electron chi connectivity index (χ4n) is 2.31. The van der Waals surface area contributed by atoms with Gasteiger partial charge >= 0.3 is 0 Å². The smallest absolute Gasteiger partial charge is 0.180 e. The molecule has 21 heavy (non-hydrogen) atoms. The van der Waals surface area contributed by atoms with Crippen molar-refractivity contribution < 1.29 is 4.39 Å². The van der Waals surface area contributed by atoms with Gasteiger partial charge in [0, 0.05) is 18.4 Å². The maximum Gasteiger partial charge on any atom is 0.180 e. The van der Waals surface area contributed by atoms with Gasteiger partial charge in [-0.2, -0.15) is 0 Å². The molecule has 0 spiro atoms.